The molecule has 0 aromatic heterocycles. The second-order valence-electron chi connectivity index (χ2n) is 20.3. The molecule has 0 saturated carbocycles. The van der Waals surface area contributed by atoms with Crippen LogP contribution in [0.5, 0.6) is 0 Å². The Morgan fingerprint density at radius 3 is 1.24 bits per heavy atom. The van der Waals surface area contributed by atoms with Crippen molar-refractivity contribution in [2.75, 3.05) is 40.9 Å². The third kappa shape index (κ3) is 54.8. The first-order valence-corrected chi connectivity index (χ1v) is 30.3. The molecule has 0 rings (SSSR count). The van der Waals surface area contributed by atoms with Gasteiger partial charge in [0.1, 0.15) is 13.2 Å². The minimum absolute atomic E-state index is 0.0582. The van der Waals surface area contributed by atoms with Crippen molar-refractivity contribution < 1.29 is 32.9 Å². The van der Waals surface area contributed by atoms with Gasteiger partial charge >= 0.3 is 7.82 Å². The molecule has 0 aliphatic carbocycles. The standard InChI is InChI=1S/C62H109N2O6P/c1-6-8-10-12-14-16-17-18-19-20-21-22-23-24-25-26-27-28-29-30-31-32-33-34-35-36-37-38-39-40-41-42-43-44-45-46-47-48-50-52-54-56-62(66)63-60(59-70-71(67,68)69-58-57-64(3,4)5)61(65)55-53-51-49-15-13-11-9-7-2/h8,10,14,16,18-19,21-22,24-25,27-28,30-31,33-34,53,55,60-61,65H,6-7,9,11-13,15,17,20,23,26,29,32,35-52,54,56-59H2,1-5H3,(H-,63,66,67,68)/p+1/b10-8-,16-14-,19-18-,22-21-,25-24-,28-27-,31-30-,34-33-,55-53+. The van der Waals surface area contributed by atoms with Crippen LogP contribution in [0.25, 0.3) is 0 Å². The maximum absolute atomic E-state index is 12.9. The predicted octanol–water partition coefficient (Wildman–Crippen LogP) is 17.6. The van der Waals surface area contributed by atoms with E-state index >= 15 is 0 Å². The Balaban J connectivity index is 3.89. The lowest BCUT2D eigenvalue weighted by Crippen LogP contribution is -2.45. The Morgan fingerprint density at radius 1 is 0.493 bits per heavy atom. The summed E-state index contributed by atoms with van der Waals surface area (Å²) in [7, 11) is 1.56. The van der Waals surface area contributed by atoms with Gasteiger partial charge in [0.25, 0.3) is 0 Å². The van der Waals surface area contributed by atoms with Crippen molar-refractivity contribution in [3.05, 3.63) is 109 Å². The van der Waals surface area contributed by atoms with Gasteiger partial charge in [-0.2, -0.15) is 0 Å². The van der Waals surface area contributed by atoms with Gasteiger partial charge < -0.3 is 19.8 Å². The number of nitrogens with one attached hydrogen (secondary N) is 1. The fourth-order valence-corrected chi connectivity index (χ4v) is 8.50. The molecule has 0 radical (unpaired) electrons. The number of amides is 1. The number of allylic oxidation sites excluding steroid dienone is 17. The van der Waals surface area contributed by atoms with E-state index in [1.807, 2.05) is 27.2 Å². The Hall–Kier alpha value is -2.84. The van der Waals surface area contributed by atoms with Gasteiger partial charge in [0.15, 0.2) is 0 Å². The number of aliphatic hydroxyl groups excluding tert-OH is 1. The van der Waals surface area contributed by atoms with Gasteiger partial charge in [-0.25, -0.2) is 4.57 Å². The zero-order valence-electron chi connectivity index (χ0n) is 46.4. The predicted molar refractivity (Wildman–Crippen MR) is 309 cm³/mol. The van der Waals surface area contributed by atoms with Crippen molar-refractivity contribution in [3.63, 3.8) is 0 Å². The lowest BCUT2D eigenvalue weighted by Gasteiger charge is -2.25. The third-order valence-corrected chi connectivity index (χ3v) is 13.2. The molecule has 3 N–H and O–H groups in total. The number of unbranched alkanes of at least 4 members (excludes halogenated alkanes) is 22. The summed E-state index contributed by atoms with van der Waals surface area (Å²) in [4.78, 5) is 23.1. The zero-order valence-corrected chi connectivity index (χ0v) is 47.3. The number of nitrogens with zero attached hydrogens (tertiary/aromatic N) is 1. The van der Waals surface area contributed by atoms with E-state index < -0.39 is 20.0 Å². The van der Waals surface area contributed by atoms with Crippen LogP contribution in [-0.2, 0) is 18.4 Å². The van der Waals surface area contributed by atoms with Crippen molar-refractivity contribution in [1.29, 1.82) is 0 Å². The molecule has 0 aromatic carbocycles. The fourth-order valence-electron chi connectivity index (χ4n) is 7.76. The van der Waals surface area contributed by atoms with Gasteiger partial charge in [-0.15, -0.1) is 0 Å². The van der Waals surface area contributed by atoms with E-state index in [9.17, 15) is 19.4 Å². The van der Waals surface area contributed by atoms with Crippen molar-refractivity contribution in [2.24, 2.45) is 0 Å². The summed E-state index contributed by atoms with van der Waals surface area (Å²) in [6.07, 6.45) is 76.5. The van der Waals surface area contributed by atoms with E-state index in [0.29, 0.717) is 17.4 Å². The normalized spacial score (nSPS) is 14.7. The van der Waals surface area contributed by atoms with Crippen LogP contribution < -0.4 is 5.32 Å². The smallest absolute Gasteiger partial charge is 0.387 e. The molecular formula is C62H110N2O6P+. The molecule has 0 spiro atoms. The Kier molecular flexibility index (Phi) is 50.0. The van der Waals surface area contributed by atoms with Crippen LogP contribution in [0.2, 0.25) is 0 Å². The Morgan fingerprint density at radius 2 is 0.845 bits per heavy atom. The molecule has 0 bridgehead atoms. The number of rotatable bonds is 51. The molecule has 1 amide bonds. The van der Waals surface area contributed by atoms with Crippen molar-refractivity contribution in [3.8, 4) is 0 Å². The maximum Gasteiger partial charge on any atom is 0.472 e. The van der Waals surface area contributed by atoms with E-state index in [0.717, 1.165) is 89.9 Å². The fraction of sp³-hybridized carbons (Fsp3) is 0.694. The van der Waals surface area contributed by atoms with E-state index in [4.69, 9.17) is 9.05 Å². The third-order valence-electron chi connectivity index (χ3n) is 12.2. The summed E-state index contributed by atoms with van der Waals surface area (Å²) < 4.78 is 23.5. The topological polar surface area (TPSA) is 105 Å². The first-order valence-electron chi connectivity index (χ1n) is 28.8. The molecule has 3 atom stereocenters. The molecule has 71 heavy (non-hydrogen) atoms. The number of hydrogen-bond acceptors (Lipinski definition) is 5. The summed E-state index contributed by atoms with van der Waals surface area (Å²) >= 11 is 0. The minimum Gasteiger partial charge on any atom is -0.387 e. The van der Waals surface area contributed by atoms with Crippen LogP contribution in [0, 0.1) is 0 Å². The molecular weight excluding hydrogens is 900 g/mol. The lowest BCUT2D eigenvalue weighted by atomic mass is 10.0. The molecule has 408 valence electrons. The largest absolute Gasteiger partial charge is 0.472 e. The van der Waals surface area contributed by atoms with Gasteiger partial charge in [0, 0.05) is 6.42 Å². The van der Waals surface area contributed by atoms with E-state index in [2.05, 4.69) is 116 Å². The number of likely N-dealkylation sites (N-methyl/N-ethyl adjacent to an activating group) is 1. The molecule has 0 fully saturated rings. The van der Waals surface area contributed by atoms with E-state index in [1.54, 1.807) is 6.08 Å². The number of aliphatic hydroxyl groups is 1. The number of quaternary nitrogens is 1. The molecule has 0 aliphatic rings. The highest BCUT2D eigenvalue weighted by Crippen LogP contribution is 2.43. The summed E-state index contributed by atoms with van der Waals surface area (Å²) in [5.74, 6) is -0.183. The van der Waals surface area contributed by atoms with Gasteiger partial charge in [-0.3, -0.25) is 13.8 Å². The van der Waals surface area contributed by atoms with E-state index in [1.165, 1.54) is 116 Å². The summed E-state index contributed by atoms with van der Waals surface area (Å²) in [6, 6.07) is -0.848. The first kappa shape index (κ1) is 68.2. The van der Waals surface area contributed by atoms with Crippen LogP contribution >= 0.6 is 7.82 Å². The van der Waals surface area contributed by atoms with Gasteiger partial charge in [-0.05, 0) is 83.5 Å². The SMILES string of the molecule is CC/C=C\C/C=C\C/C=C\C/C=C\C/C=C\C/C=C\C/C=C\C/C=C\CCCCCCCCCCCCCCCCCCC(=O)NC(COP(=O)(O)OCC[N+](C)(C)C)C(O)/C=C/CCCCCCCC. The minimum atomic E-state index is -4.34. The Bertz CT molecular complexity index is 1520. The van der Waals surface area contributed by atoms with Crippen LogP contribution in [0.3, 0.4) is 0 Å². The molecule has 0 aliphatic heterocycles. The maximum atomic E-state index is 12.9. The molecule has 8 nitrogen and oxygen atoms in total. The first-order chi connectivity index (χ1) is 34.5. The van der Waals surface area contributed by atoms with Crippen LogP contribution in [0.1, 0.15) is 226 Å². The molecule has 0 saturated heterocycles. The molecule has 3 unspecified atom stereocenters. The second-order valence-corrected chi connectivity index (χ2v) is 21.7. The average Bonchev–Trinajstić information content (AvgIpc) is 3.33. The van der Waals surface area contributed by atoms with E-state index in [-0.39, 0.29) is 19.1 Å². The summed E-state index contributed by atoms with van der Waals surface area (Å²) in [6.45, 7) is 4.64. The highest BCUT2D eigenvalue weighted by atomic mass is 31.2. The Labute approximate surface area is 438 Å². The molecule has 9 heteroatoms. The highest BCUT2D eigenvalue weighted by Gasteiger charge is 2.27. The van der Waals surface area contributed by atoms with Gasteiger partial charge in [-0.1, -0.05) is 245 Å². The summed E-state index contributed by atoms with van der Waals surface area (Å²) in [5.41, 5.74) is 0. The van der Waals surface area contributed by atoms with Crippen molar-refractivity contribution in [1.82, 2.24) is 5.32 Å². The van der Waals surface area contributed by atoms with Crippen LogP contribution in [0.15, 0.2) is 109 Å². The van der Waals surface area contributed by atoms with Gasteiger partial charge in [0.2, 0.25) is 5.91 Å². The second kappa shape index (κ2) is 52.0. The number of phosphoric acid groups is 1. The van der Waals surface area contributed by atoms with Crippen LogP contribution in [0.4, 0.5) is 0 Å². The van der Waals surface area contributed by atoms with Crippen molar-refractivity contribution >= 4 is 13.7 Å². The van der Waals surface area contributed by atoms with Crippen LogP contribution in [-0.4, -0.2) is 73.4 Å². The number of phosphoric ester groups is 1. The number of hydrogen-bond donors (Lipinski definition) is 3. The molecule has 0 heterocycles. The monoisotopic (exact) mass is 1010 g/mol. The average molecular weight is 1010 g/mol. The van der Waals surface area contributed by atoms with Crippen molar-refractivity contribution in [2.45, 2.75) is 238 Å². The highest BCUT2D eigenvalue weighted by molar-refractivity contribution is 7.47. The molecule has 0 aromatic rings. The zero-order chi connectivity index (χ0) is 52.0. The van der Waals surface area contributed by atoms with Gasteiger partial charge in [0.05, 0.1) is 39.9 Å². The quantitative estimate of drug-likeness (QED) is 0.0243. The lowest BCUT2D eigenvalue weighted by molar-refractivity contribution is -0.870. The number of carbonyl (C=O) groups is 1. The number of carbonyl (C=O) groups excluding carboxylic acids is 1. The summed E-state index contributed by atoms with van der Waals surface area (Å²) in [5, 5.41) is 13.8.